The summed E-state index contributed by atoms with van der Waals surface area (Å²) in [4.78, 5) is 1.06. The predicted molar refractivity (Wildman–Crippen MR) is 64.0 cm³/mol. The number of alkyl halides is 3. The molecule has 0 amide bonds. The zero-order valence-corrected chi connectivity index (χ0v) is 11.4. The fourth-order valence-corrected chi connectivity index (χ4v) is 2.77. The van der Waals surface area contributed by atoms with Crippen molar-refractivity contribution >= 4 is 27.3 Å². The minimum absolute atomic E-state index is 0.290. The van der Waals surface area contributed by atoms with Crippen LogP contribution in [-0.4, -0.2) is 19.3 Å². The minimum atomic E-state index is -4.15. The Hall–Kier alpha value is -0.0700. The Morgan fingerprint density at radius 2 is 1.88 bits per heavy atom. The lowest BCUT2D eigenvalue weighted by Crippen LogP contribution is -2.37. The van der Waals surface area contributed by atoms with Crippen LogP contribution < -0.4 is 5.32 Å². The van der Waals surface area contributed by atoms with E-state index in [4.69, 9.17) is 0 Å². The van der Waals surface area contributed by atoms with Gasteiger partial charge in [0.25, 0.3) is 0 Å². The number of halogens is 4. The second-order valence-electron chi connectivity index (χ2n) is 4.21. The quantitative estimate of drug-likeness (QED) is 0.887. The minimum Gasteiger partial charge on any atom is -0.308 e. The lowest BCUT2D eigenvalue weighted by atomic mass is 9.91. The molecule has 16 heavy (non-hydrogen) atoms. The first-order valence-electron chi connectivity index (χ1n) is 4.74. The molecule has 0 unspecified atom stereocenters. The van der Waals surface area contributed by atoms with E-state index in [2.05, 4.69) is 21.2 Å². The highest BCUT2D eigenvalue weighted by atomic mass is 79.9. The molecule has 1 aromatic heterocycles. The van der Waals surface area contributed by atoms with Crippen LogP contribution >= 0.6 is 27.3 Å². The monoisotopic (exact) mass is 315 g/mol. The number of nitrogens with one attached hydrogen (secondary N) is 1. The highest BCUT2D eigenvalue weighted by Gasteiger charge is 2.29. The Morgan fingerprint density at radius 3 is 2.31 bits per heavy atom. The fraction of sp³-hybridized carbons (Fsp3) is 0.600. The third kappa shape index (κ3) is 4.43. The van der Waals surface area contributed by atoms with Gasteiger partial charge in [-0.1, -0.05) is 13.8 Å². The molecule has 0 saturated carbocycles. The molecule has 1 heterocycles. The van der Waals surface area contributed by atoms with Crippen molar-refractivity contribution in [3.8, 4) is 0 Å². The zero-order chi connectivity index (χ0) is 12.4. The molecule has 1 rings (SSSR count). The first kappa shape index (κ1) is 14.0. The van der Waals surface area contributed by atoms with E-state index in [0.29, 0.717) is 6.54 Å². The maximum absolute atomic E-state index is 12.0. The van der Waals surface area contributed by atoms with Crippen LogP contribution in [-0.2, 0) is 5.41 Å². The highest BCUT2D eigenvalue weighted by molar-refractivity contribution is 9.11. The number of hydrogen-bond acceptors (Lipinski definition) is 2. The van der Waals surface area contributed by atoms with Crippen molar-refractivity contribution in [3.05, 3.63) is 20.8 Å². The van der Waals surface area contributed by atoms with Gasteiger partial charge in [-0.2, -0.15) is 13.2 Å². The Balaban J connectivity index is 2.52. The van der Waals surface area contributed by atoms with Crippen LogP contribution in [0, 0.1) is 0 Å². The molecule has 0 radical (unpaired) electrons. The molecule has 1 aromatic rings. The van der Waals surface area contributed by atoms with Crippen LogP contribution in [0.2, 0.25) is 0 Å². The summed E-state index contributed by atoms with van der Waals surface area (Å²) in [6.45, 7) is 3.21. The molecule has 1 N–H and O–H groups in total. The summed E-state index contributed by atoms with van der Waals surface area (Å²) in [6.07, 6.45) is -4.15. The Morgan fingerprint density at radius 1 is 1.25 bits per heavy atom. The summed E-state index contributed by atoms with van der Waals surface area (Å²) >= 11 is 4.89. The van der Waals surface area contributed by atoms with Crippen LogP contribution in [0.3, 0.4) is 0 Å². The van der Waals surface area contributed by atoms with Gasteiger partial charge >= 0.3 is 6.18 Å². The van der Waals surface area contributed by atoms with E-state index >= 15 is 0 Å². The van der Waals surface area contributed by atoms with Gasteiger partial charge in [-0.3, -0.25) is 0 Å². The first-order chi connectivity index (χ1) is 7.21. The Kier molecular flexibility index (Phi) is 4.42. The average Bonchev–Trinajstić information content (AvgIpc) is 2.49. The van der Waals surface area contributed by atoms with Crippen molar-refractivity contribution in [2.24, 2.45) is 0 Å². The van der Waals surface area contributed by atoms with E-state index in [1.54, 1.807) is 11.3 Å². The van der Waals surface area contributed by atoms with Crippen LogP contribution in [0.15, 0.2) is 15.9 Å². The van der Waals surface area contributed by atoms with Gasteiger partial charge in [0, 0.05) is 16.8 Å². The van der Waals surface area contributed by atoms with Gasteiger partial charge in [-0.15, -0.1) is 11.3 Å². The zero-order valence-electron chi connectivity index (χ0n) is 8.99. The molecular formula is C10H13BrF3NS. The van der Waals surface area contributed by atoms with E-state index in [1.807, 2.05) is 26.0 Å². The van der Waals surface area contributed by atoms with Crippen molar-refractivity contribution < 1.29 is 13.2 Å². The lowest BCUT2D eigenvalue weighted by molar-refractivity contribution is -0.125. The van der Waals surface area contributed by atoms with Gasteiger partial charge in [-0.25, -0.2) is 0 Å². The summed E-state index contributed by atoms with van der Waals surface area (Å²) in [6, 6.07) is 3.84. The Bertz CT molecular complexity index is 346. The second kappa shape index (κ2) is 5.06. The van der Waals surface area contributed by atoms with Crippen molar-refractivity contribution in [1.82, 2.24) is 5.32 Å². The van der Waals surface area contributed by atoms with E-state index in [0.717, 1.165) is 8.66 Å². The third-order valence-electron chi connectivity index (χ3n) is 2.13. The van der Waals surface area contributed by atoms with Crippen LogP contribution in [0.4, 0.5) is 13.2 Å². The van der Waals surface area contributed by atoms with Crippen molar-refractivity contribution in [2.45, 2.75) is 25.4 Å². The topological polar surface area (TPSA) is 12.0 Å². The fourth-order valence-electron chi connectivity index (χ4n) is 1.28. The van der Waals surface area contributed by atoms with Crippen LogP contribution in [0.1, 0.15) is 18.7 Å². The molecule has 6 heteroatoms. The van der Waals surface area contributed by atoms with Gasteiger partial charge in [0.05, 0.1) is 10.3 Å². The van der Waals surface area contributed by atoms with Gasteiger partial charge in [0.1, 0.15) is 0 Å². The maximum atomic E-state index is 12.0. The normalized spacial score (nSPS) is 13.1. The van der Waals surface area contributed by atoms with Crippen molar-refractivity contribution in [2.75, 3.05) is 13.1 Å². The van der Waals surface area contributed by atoms with E-state index in [1.165, 1.54) is 0 Å². The molecule has 0 aliphatic heterocycles. The Labute approximate surface area is 105 Å². The number of thiophene rings is 1. The molecule has 0 saturated heterocycles. The predicted octanol–water partition coefficient (Wildman–Crippen LogP) is 3.94. The second-order valence-corrected chi connectivity index (χ2v) is 6.67. The van der Waals surface area contributed by atoms with Crippen molar-refractivity contribution in [3.63, 3.8) is 0 Å². The largest absolute Gasteiger partial charge is 0.401 e. The molecule has 0 spiro atoms. The SMILES string of the molecule is CC(C)(CNCC(F)(F)F)c1ccc(Br)s1. The number of hydrogen-bond donors (Lipinski definition) is 1. The summed E-state index contributed by atoms with van der Waals surface area (Å²) < 4.78 is 36.9. The van der Waals surface area contributed by atoms with E-state index < -0.39 is 12.7 Å². The standard InChI is InChI=1S/C10H13BrF3NS/c1-9(2,5-15-6-10(12,13)14)7-3-4-8(11)16-7/h3-4,15H,5-6H2,1-2H3. The molecule has 1 nitrogen and oxygen atoms in total. The van der Waals surface area contributed by atoms with Crippen molar-refractivity contribution in [1.29, 1.82) is 0 Å². The van der Waals surface area contributed by atoms with Gasteiger partial charge in [-0.05, 0) is 28.1 Å². The first-order valence-corrected chi connectivity index (χ1v) is 6.35. The third-order valence-corrected chi connectivity index (χ3v) is 4.12. The van der Waals surface area contributed by atoms with Crippen LogP contribution in [0.25, 0.3) is 0 Å². The molecule has 0 fully saturated rings. The van der Waals surface area contributed by atoms with Gasteiger partial charge < -0.3 is 5.32 Å². The highest BCUT2D eigenvalue weighted by Crippen LogP contribution is 2.32. The summed E-state index contributed by atoms with van der Waals surface area (Å²) in [7, 11) is 0. The average molecular weight is 316 g/mol. The summed E-state index contributed by atoms with van der Waals surface area (Å²) in [5.74, 6) is 0. The molecule has 0 aromatic carbocycles. The van der Waals surface area contributed by atoms with Gasteiger partial charge in [0.2, 0.25) is 0 Å². The molecule has 0 aliphatic carbocycles. The van der Waals surface area contributed by atoms with Crippen LogP contribution in [0.5, 0.6) is 0 Å². The smallest absolute Gasteiger partial charge is 0.308 e. The maximum Gasteiger partial charge on any atom is 0.401 e. The summed E-state index contributed by atoms with van der Waals surface area (Å²) in [5.41, 5.74) is -0.290. The van der Waals surface area contributed by atoms with E-state index in [9.17, 15) is 13.2 Å². The molecule has 0 atom stereocenters. The molecule has 92 valence electrons. The molecular weight excluding hydrogens is 303 g/mol. The lowest BCUT2D eigenvalue weighted by Gasteiger charge is -2.24. The molecule has 0 bridgehead atoms. The molecule has 0 aliphatic rings. The van der Waals surface area contributed by atoms with E-state index in [-0.39, 0.29) is 5.41 Å². The summed E-state index contributed by atoms with van der Waals surface area (Å²) in [5, 5.41) is 2.44. The van der Waals surface area contributed by atoms with Gasteiger partial charge in [0.15, 0.2) is 0 Å². The number of rotatable bonds is 4.